The Morgan fingerprint density at radius 2 is 2.17 bits per heavy atom. The number of methoxy groups -OCH3 is 1. The van der Waals surface area contributed by atoms with E-state index in [0.717, 1.165) is 18.5 Å². The molecule has 0 amide bonds. The summed E-state index contributed by atoms with van der Waals surface area (Å²) in [5.41, 5.74) is 0.966. The van der Waals surface area contributed by atoms with E-state index < -0.39 is 0 Å². The molecular formula is C13H15N3O2. The molecule has 0 spiro atoms. The maximum Gasteiger partial charge on any atom is 0.244 e. The second-order valence-corrected chi connectivity index (χ2v) is 4.38. The van der Waals surface area contributed by atoms with Gasteiger partial charge in [0.05, 0.1) is 12.1 Å². The van der Waals surface area contributed by atoms with Crippen LogP contribution >= 0.6 is 0 Å². The Hall–Kier alpha value is -1.72. The summed E-state index contributed by atoms with van der Waals surface area (Å²) < 4.78 is 10.6. The van der Waals surface area contributed by atoms with E-state index in [9.17, 15) is 0 Å². The van der Waals surface area contributed by atoms with Gasteiger partial charge in [0.25, 0.3) is 0 Å². The van der Waals surface area contributed by atoms with Gasteiger partial charge in [0.1, 0.15) is 0 Å². The van der Waals surface area contributed by atoms with Gasteiger partial charge in [-0.15, -0.1) is 0 Å². The van der Waals surface area contributed by atoms with Gasteiger partial charge in [-0.3, -0.25) is 0 Å². The monoisotopic (exact) mass is 245 g/mol. The molecule has 1 aromatic heterocycles. The number of nitrogens with zero attached hydrogens (tertiary/aromatic N) is 2. The van der Waals surface area contributed by atoms with Crippen molar-refractivity contribution in [2.24, 2.45) is 0 Å². The van der Waals surface area contributed by atoms with Crippen molar-refractivity contribution >= 4 is 0 Å². The maximum absolute atomic E-state index is 5.32. The summed E-state index contributed by atoms with van der Waals surface area (Å²) in [4.78, 5) is 4.44. The van der Waals surface area contributed by atoms with Crippen molar-refractivity contribution in [3.63, 3.8) is 0 Å². The van der Waals surface area contributed by atoms with E-state index in [1.165, 1.54) is 0 Å². The SMILES string of the molecule is CO[C@@H]1CN[C@@H](c2nc(-c3ccccc3)no2)C1. The van der Waals surface area contributed by atoms with Gasteiger partial charge in [0, 0.05) is 19.2 Å². The zero-order valence-electron chi connectivity index (χ0n) is 10.2. The minimum Gasteiger partial charge on any atom is -0.380 e. The number of rotatable bonds is 3. The Kier molecular flexibility index (Phi) is 3.08. The molecule has 5 nitrogen and oxygen atoms in total. The first kappa shape index (κ1) is 11.4. The minimum absolute atomic E-state index is 0.0971. The van der Waals surface area contributed by atoms with Crippen molar-refractivity contribution in [1.82, 2.24) is 15.5 Å². The van der Waals surface area contributed by atoms with E-state index in [-0.39, 0.29) is 12.1 Å². The molecule has 1 aliphatic heterocycles. The van der Waals surface area contributed by atoms with Crippen LogP contribution in [0, 0.1) is 0 Å². The van der Waals surface area contributed by atoms with Crippen molar-refractivity contribution in [1.29, 1.82) is 0 Å². The summed E-state index contributed by atoms with van der Waals surface area (Å²) in [7, 11) is 1.72. The van der Waals surface area contributed by atoms with Crippen molar-refractivity contribution in [3.8, 4) is 11.4 Å². The minimum atomic E-state index is 0.0971. The van der Waals surface area contributed by atoms with Gasteiger partial charge in [-0.1, -0.05) is 35.5 Å². The van der Waals surface area contributed by atoms with Crippen LogP contribution in [0.15, 0.2) is 34.9 Å². The second-order valence-electron chi connectivity index (χ2n) is 4.38. The fraction of sp³-hybridized carbons (Fsp3) is 0.385. The molecule has 1 N–H and O–H groups in total. The first-order valence-electron chi connectivity index (χ1n) is 6.02. The first-order chi connectivity index (χ1) is 8.86. The van der Waals surface area contributed by atoms with Crippen LogP contribution in [0.2, 0.25) is 0 Å². The van der Waals surface area contributed by atoms with E-state index in [4.69, 9.17) is 9.26 Å². The van der Waals surface area contributed by atoms with E-state index in [0.29, 0.717) is 11.7 Å². The molecule has 5 heteroatoms. The highest BCUT2D eigenvalue weighted by Gasteiger charge is 2.29. The first-order valence-corrected chi connectivity index (χ1v) is 6.02. The van der Waals surface area contributed by atoms with E-state index in [1.54, 1.807) is 7.11 Å². The topological polar surface area (TPSA) is 60.2 Å². The fourth-order valence-corrected chi connectivity index (χ4v) is 2.15. The normalized spacial score (nSPS) is 23.4. The van der Waals surface area contributed by atoms with Crippen molar-refractivity contribution in [2.45, 2.75) is 18.6 Å². The smallest absolute Gasteiger partial charge is 0.244 e. The van der Waals surface area contributed by atoms with Crippen LogP contribution in [0.1, 0.15) is 18.4 Å². The molecule has 1 aliphatic rings. The van der Waals surface area contributed by atoms with Gasteiger partial charge < -0.3 is 14.6 Å². The predicted molar refractivity (Wildman–Crippen MR) is 65.9 cm³/mol. The van der Waals surface area contributed by atoms with Gasteiger partial charge in [-0.05, 0) is 6.42 Å². The van der Waals surface area contributed by atoms with Crippen molar-refractivity contribution in [2.75, 3.05) is 13.7 Å². The molecule has 18 heavy (non-hydrogen) atoms. The Labute approximate surface area is 105 Å². The van der Waals surface area contributed by atoms with Gasteiger partial charge >= 0.3 is 0 Å². The number of aromatic nitrogens is 2. The molecule has 0 unspecified atom stereocenters. The summed E-state index contributed by atoms with van der Waals surface area (Å²) in [5, 5.41) is 7.33. The lowest BCUT2D eigenvalue weighted by molar-refractivity contribution is 0.116. The maximum atomic E-state index is 5.32. The molecule has 1 aromatic carbocycles. The second kappa shape index (κ2) is 4.88. The van der Waals surface area contributed by atoms with Crippen LogP contribution in [0.25, 0.3) is 11.4 Å². The summed E-state index contributed by atoms with van der Waals surface area (Å²) in [6, 6.07) is 9.91. The molecule has 0 bridgehead atoms. The molecule has 1 saturated heterocycles. The molecule has 1 fully saturated rings. The molecule has 3 rings (SSSR count). The summed E-state index contributed by atoms with van der Waals surface area (Å²) in [5.74, 6) is 1.27. The molecule has 0 saturated carbocycles. The van der Waals surface area contributed by atoms with Gasteiger partial charge in [-0.2, -0.15) is 4.98 Å². The lowest BCUT2D eigenvalue weighted by Crippen LogP contribution is -2.16. The number of hydrogen-bond donors (Lipinski definition) is 1. The number of nitrogens with one attached hydrogen (secondary N) is 1. The molecule has 0 radical (unpaired) electrons. The van der Waals surface area contributed by atoms with Crippen LogP contribution in [-0.4, -0.2) is 29.9 Å². The zero-order valence-corrected chi connectivity index (χ0v) is 10.2. The third-order valence-corrected chi connectivity index (χ3v) is 3.20. The highest BCUT2D eigenvalue weighted by Crippen LogP contribution is 2.25. The van der Waals surface area contributed by atoms with Crippen LogP contribution in [0.5, 0.6) is 0 Å². The Bertz CT molecular complexity index is 512. The highest BCUT2D eigenvalue weighted by atomic mass is 16.5. The number of hydrogen-bond acceptors (Lipinski definition) is 5. The van der Waals surface area contributed by atoms with Gasteiger partial charge in [-0.25, -0.2) is 0 Å². The zero-order chi connectivity index (χ0) is 12.4. The van der Waals surface area contributed by atoms with E-state index in [1.807, 2.05) is 30.3 Å². The largest absolute Gasteiger partial charge is 0.380 e. The van der Waals surface area contributed by atoms with Gasteiger partial charge in [0.2, 0.25) is 11.7 Å². The Balaban J connectivity index is 1.78. The molecule has 2 heterocycles. The summed E-state index contributed by atoms with van der Waals surface area (Å²) in [6.45, 7) is 0.824. The van der Waals surface area contributed by atoms with Gasteiger partial charge in [0.15, 0.2) is 0 Å². The predicted octanol–water partition coefficient (Wildman–Crippen LogP) is 1.79. The Morgan fingerprint density at radius 1 is 1.33 bits per heavy atom. The van der Waals surface area contributed by atoms with Crippen LogP contribution in [0.3, 0.4) is 0 Å². The quantitative estimate of drug-likeness (QED) is 0.893. The lowest BCUT2D eigenvalue weighted by atomic mass is 10.2. The summed E-state index contributed by atoms with van der Waals surface area (Å²) in [6.07, 6.45) is 1.09. The highest BCUT2D eigenvalue weighted by molar-refractivity contribution is 5.53. The Morgan fingerprint density at radius 3 is 2.89 bits per heavy atom. The van der Waals surface area contributed by atoms with Crippen LogP contribution < -0.4 is 5.32 Å². The third-order valence-electron chi connectivity index (χ3n) is 3.20. The van der Waals surface area contributed by atoms with Crippen LogP contribution in [-0.2, 0) is 4.74 Å². The summed E-state index contributed by atoms with van der Waals surface area (Å²) >= 11 is 0. The molecule has 2 aromatic rings. The number of benzene rings is 1. The average Bonchev–Trinajstić information content (AvgIpc) is 3.08. The van der Waals surface area contributed by atoms with E-state index in [2.05, 4.69) is 15.5 Å². The number of ether oxygens (including phenoxy) is 1. The molecular weight excluding hydrogens is 230 g/mol. The third kappa shape index (κ3) is 2.14. The molecule has 94 valence electrons. The molecule has 0 aliphatic carbocycles. The van der Waals surface area contributed by atoms with Crippen molar-refractivity contribution < 1.29 is 9.26 Å². The van der Waals surface area contributed by atoms with Crippen molar-refractivity contribution in [3.05, 3.63) is 36.2 Å². The van der Waals surface area contributed by atoms with Crippen LogP contribution in [0.4, 0.5) is 0 Å². The lowest BCUT2D eigenvalue weighted by Gasteiger charge is -2.04. The fourth-order valence-electron chi connectivity index (χ4n) is 2.15. The standard InChI is InChI=1S/C13H15N3O2/c1-17-10-7-11(14-8-10)13-15-12(16-18-13)9-5-3-2-4-6-9/h2-6,10-11,14H,7-8H2,1H3/t10-,11+/m0/s1. The average molecular weight is 245 g/mol. The molecule has 2 atom stereocenters. The van der Waals surface area contributed by atoms with E-state index >= 15 is 0 Å².